The number of aliphatic carboxylic acids is 1. The average molecular weight is 694 g/mol. The number of aliphatic hydroxyl groups excluding tert-OH is 1. The molecule has 3 N–H and O–H groups in total. The van der Waals surface area contributed by atoms with E-state index in [0.29, 0.717) is 51.1 Å². The highest BCUT2D eigenvalue weighted by Gasteiger charge is 2.40. The van der Waals surface area contributed by atoms with E-state index in [-0.39, 0.29) is 47.6 Å². The Morgan fingerprint density at radius 3 is 2.14 bits per heavy atom. The van der Waals surface area contributed by atoms with Gasteiger partial charge in [0.1, 0.15) is 11.9 Å². The SMILES string of the molecule is COCCCOc1cc(C(=O)N(C[C@@H]2CNC[C@H]2CN(C(=O)[C@@H](O)CC(C)C)C2CC2)C(C)C)ccc1C.O=C(O)C1Cc2ccccc2C1. The number of hydrogen-bond acceptors (Lipinski definition) is 7. The molecule has 0 aromatic heterocycles. The summed E-state index contributed by atoms with van der Waals surface area (Å²) >= 11 is 0. The molecule has 0 unspecified atom stereocenters. The van der Waals surface area contributed by atoms with Gasteiger partial charge in [0.05, 0.1) is 12.5 Å². The zero-order chi connectivity index (χ0) is 36.4. The second kappa shape index (κ2) is 18.7. The number of carbonyl (C=O) groups is 3. The molecule has 1 aliphatic heterocycles. The molecule has 2 aromatic rings. The number of carbonyl (C=O) groups excluding carboxylic acids is 2. The minimum Gasteiger partial charge on any atom is -0.493 e. The van der Waals surface area contributed by atoms with Gasteiger partial charge in [0.2, 0.25) is 0 Å². The second-order valence-electron chi connectivity index (χ2n) is 15.0. The number of rotatable bonds is 16. The molecular formula is C40H59N3O7. The van der Waals surface area contributed by atoms with Crippen molar-refractivity contribution in [1.29, 1.82) is 0 Å². The van der Waals surface area contributed by atoms with Gasteiger partial charge in [0.15, 0.2) is 0 Å². The van der Waals surface area contributed by atoms with E-state index in [9.17, 15) is 19.5 Å². The summed E-state index contributed by atoms with van der Waals surface area (Å²) in [5.74, 6) is 0.448. The van der Waals surface area contributed by atoms with Crippen LogP contribution >= 0.6 is 0 Å². The van der Waals surface area contributed by atoms with Gasteiger partial charge in [-0.2, -0.15) is 0 Å². The van der Waals surface area contributed by atoms with Crippen LogP contribution in [0.1, 0.15) is 80.4 Å². The highest BCUT2D eigenvalue weighted by atomic mass is 16.5. The molecule has 5 rings (SSSR count). The van der Waals surface area contributed by atoms with E-state index in [1.807, 2.05) is 86.9 Å². The lowest BCUT2D eigenvalue weighted by atomic mass is 9.93. The van der Waals surface area contributed by atoms with Crippen LogP contribution in [0.25, 0.3) is 0 Å². The Balaban J connectivity index is 0.000000390. The number of amides is 2. The molecule has 1 saturated carbocycles. The maximum Gasteiger partial charge on any atom is 0.307 e. The molecule has 1 heterocycles. The highest BCUT2D eigenvalue weighted by molar-refractivity contribution is 5.95. The average Bonchev–Trinajstić information content (AvgIpc) is 3.66. The summed E-state index contributed by atoms with van der Waals surface area (Å²) in [5.41, 5.74) is 4.02. The third-order valence-electron chi connectivity index (χ3n) is 10.1. The van der Waals surface area contributed by atoms with Crippen molar-refractivity contribution in [3.8, 4) is 5.75 Å². The summed E-state index contributed by atoms with van der Waals surface area (Å²) in [7, 11) is 1.67. The minimum absolute atomic E-state index is 0.00475. The second-order valence-corrected chi connectivity index (χ2v) is 15.0. The quantitative estimate of drug-likeness (QED) is 0.210. The van der Waals surface area contributed by atoms with Crippen molar-refractivity contribution in [3.63, 3.8) is 0 Å². The lowest BCUT2D eigenvalue weighted by Gasteiger charge is -2.34. The number of carboxylic acid groups (broad SMARTS) is 1. The molecule has 10 heteroatoms. The number of carboxylic acids is 1. The summed E-state index contributed by atoms with van der Waals surface area (Å²) in [6.45, 7) is 14.2. The monoisotopic (exact) mass is 693 g/mol. The molecule has 3 aliphatic rings. The molecular weight excluding hydrogens is 634 g/mol. The summed E-state index contributed by atoms with van der Waals surface area (Å²) in [5, 5.41) is 22.8. The van der Waals surface area contributed by atoms with Crippen molar-refractivity contribution in [2.24, 2.45) is 23.7 Å². The number of nitrogens with zero attached hydrogens (tertiary/aromatic N) is 2. The van der Waals surface area contributed by atoms with E-state index >= 15 is 0 Å². The Hall–Kier alpha value is -3.47. The van der Waals surface area contributed by atoms with Gasteiger partial charge in [-0.15, -0.1) is 0 Å². The van der Waals surface area contributed by atoms with Crippen molar-refractivity contribution in [2.45, 2.75) is 91.3 Å². The van der Waals surface area contributed by atoms with Crippen LogP contribution in [0.15, 0.2) is 42.5 Å². The Bertz CT molecular complexity index is 1400. The Kier molecular flexibility index (Phi) is 14.7. The zero-order valence-electron chi connectivity index (χ0n) is 30.9. The number of aryl methyl sites for hydroxylation is 1. The number of fused-ring (bicyclic) bond motifs is 1. The molecule has 1 saturated heterocycles. The van der Waals surface area contributed by atoms with Gasteiger partial charge in [0.25, 0.3) is 11.8 Å². The standard InChI is InChI=1S/C30H49N3O5.C10H10O2/c1-20(2)14-27(34)30(36)33(26-10-11-26)19-25-17-31-16-24(25)18-32(21(3)4)29(35)23-9-8-22(5)28(15-23)38-13-7-12-37-6;11-10(12)9-5-7-3-1-2-4-8(7)6-9/h8-9,15,20-21,24-27,31,34H,7,10-14,16-19H2,1-6H3;1-4,9H,5-6H2,(H,11,12)/t24-,25-,27-;/m0./s1. The van der Waals surface area contributed by atoms with Gasteiger partial charge in [-0.05, 0) is 99.5 Å². The maximum atomic E-state index is 13.7. The normalized spacial score (nSPS) is 19.1. The Morgan fingerprint density at radius 1 is 0.940 bits per heavy atom. The number of methoxy groups -OCH3 is 1. The molecule has 2 fully saturated rings. The maximum absolute atomic E-state index is 13.7. The molecule has 276 valence electrons. The van der Waals surface area contributed by atoms with Gasteiger partial charge < -0.3 is 34.8 Å². The number of nitrogens with one attached hydrogen (secondary N) is 1. The lowest BCUT2D eigenvalue weighted by molar-refractivity contribution is -0.142. The smallest absolute Gasteiger partial charge is 0.307 e. The van der Waals surface area contributed by atoms with E-state index < -0.39 is 12.1 Å². The van der Waals surface area contributed by atoms with Crippen LogP contribution in [0.3, 0.4) is 0 Å². The van der Waals surface area contributed by atoms with Crippen LogP contribution in [0.5, 0.6) is 5.75 Å². The Labute approximate surface area is 298 Å². The highest BCUT2D eigenvalue weighted by Crippen LogP contribution is 2.32. The van der Waals surface area contributed by atoms with Crippen molar-refractivity contribution >= 4 is 17.8 Å². The summed E-state index contributed by atoms with van der Waals surface area (Å²) < 4.78 is 11.0. The van der Waals surface area contributed by atoms with Crippen LogP contribution in [-0.4, -0.2) is 102 Å². The first kappa shape index (κ1) is 39.3. The van der Waals surface area contributed by atoms with Crippen molar-refractivity contribution in [2.75, 3.05) is 46.5 Å². The Morgan fingerprint density at radius 2 is 1.58 bits per heavy atom. The molecule has 0 bridgehead atoms. The number of aliphatic hydroxyl groups is 1. The van der Waals surface area contributed by atoms with E-state index in [4.69, 9.17) is 14.6 Å². The summed E-state index contributed by atoms with van der Waals surface area (Å²) in [6.07, 6.45) is 3.74. The summed E-state index contributed by atoms with van der Waals surface area (Å²) in [4.78, 5) is 41.4. The van der Waals surface area contributed by atoms with E-state index in [2.05, 4.69) is 5.32 Å². The van der Waals surface area contributed by atoms with Crippen LogP contribution in [-0.2, 0) is 27.2 Å². The van der Waals surface area contributed by atoms with Crippen LogP contribution in [0, 0.1) is 30.6 Å². The fourth-order valence-electron chi connectivity index (χ4n) is 6.97. The van der Waals surface area contributed by atoms with E-state index in [0.717, 1.165) is 43.7 Å². The number of hydrogen-bond donors (Lipinski definition) is 3. The number of ether oxygens (including phenoxy) is 2. The first-order valence-corrected chi connectivity index (χ1v) is 18.4. The summed E-state index contributed by atoms with van der Waals surface area (Å²) in [6, 6.07) is 13.9. The third-order valence-corrected chi connectivity index (χ3v) is 10.1. The third kappa shape index (κ3) is 11.0. The van der Waals surface area contributed by atoms with Gasteiger partial charge in [-0.3, -0.25) is 14.4 Å². The zero-order valence-corrected chi connectivity index (χ0v) is 30.9. The molecule has 2 amide bonds. The van der Waals surface area contributed by atoms with Crippen molar-refractivity contribution in [3.05, 3.63) is 64.7 Å². The van der Waals surface area contributed by atoms with Gasteiger partial charge >= 0.3 is 5.97 Å². The van der Waals surface area contributed by atoms with Crippen LogP contribution in [0.4, 0.5) is 0 Å². The molecule has 10 nitrogen and oxygen atoms in total. The molecule has 0 radical (unpaired) electrons. The first-order chi connectivity index (χ1) is 23.9. The molecule has 2 aromatic carbocycles. The fraction of sp³-hybridized carbons (Fsp3) is 0.625. The van der Waals surface area contributed by atoms with Gasteiger partial charge in [0, 0.05) is 64.0 Å². The molecule has 2 aliphatic carbocycles. The fourth-order valence-corrected chi connectivity index (χ4v) is 6.97. The molecule has 0 spiro atoms. The van der Waals surface area contributed by atoms with Gasteiger partial charge in [-0.25, -0.2) is 0 Å². The predicted molar refractivity (Wildman–Crippen MR) is 194 cm³/mol. The van der Waals surface area contributed by atoms with Crippen molar-refractivity contribution in [1.82, 2.24) is 15.1 Å². The van der Waals surface area contributed by atoms with Crippen LogP contribution in [0.2, 0.25) is 0 Å². The van der Waals surface area contributed by atoms with Crippen molar-refractivity contribution < 1.29 is 34.1 Å². The van der Waals surface area contributed by atoms with E-state index in [1.54, 1.807) is 7.11 Å². The minimum atomic E-state index is -0.940. The van der Waals surface area contributed by atoms with Crippen LogP contribution < -0.4 is 10.1 Å². The largest absolute Gasteiger partial charge is 0.493 e. The van der Waals surface area contributed by atoms with Gasteiger partial charge in [-0.1, -0.05) is 44.2 Å². The first-order valence-electron chi connectivity index (χ1n) is 18.4. The topological polar surface area (TPSA) is 129 Å². The lowest BCUT2D eigenvalue weighted by Crippen LogP contribution is -2.47. The molecule has 50 heavy (non-hydrogen) atoms. The van der Waals surface area contributed by atoms with E-state index in [1.165, 1.54) is 11.1 Å². The molecule has 3 atom stereocenters. The number of benzene rings is 2. The predicted octanol–water partition coefficient (Wildman–Crippen LogP) is 4.98.